The van der Waals surface area contributed by atoms with Crippen LogP contribution in [0.25, 0.3) is 0 Å². The number of carbonyl (C=O) groups excluding carboxylic acids is 2. The molecule has 0 amide bonds. The van der Waals surface area contributed by atoms with Crippen LogP contribution in [-0.4, -0.2) is 19.0 Å². The lowest BCUT2D eigenvalue weighted by Gasteiger charge is -2.03. The maximum absolute atomic E-state index is 13.5. The highest BCUT2D eigenvalue weighted by Crippen LogP contribution is 2.60. The van der Waals surface area contributed by atoms with Gasteiger partial charge in [-0.25, -0.2) is 13.6 Å². The molecular weight excluding hydrogens is 329 g/mol. The molecule has 132 valence electrons. The molecule has 0 bridgehead atoms. The third kappa shape index (κ3) is 3.63. The van der Waals surface area contributed by atoms with Gasteiger partial charge in [0.15, 0.2) is 5.76 Å². The zero-order chi connectivity index (χ0) is 18.1. The molecule has 2 atom stereocenters. The number of alkyl halides is 2. The summed E-state index contributed by atoms with van der Waals surface area (Å²) < 4.78 is 52.3. The van der Waals surface area contributed by atoms with Crippen molar-refractivity contribution in [2.75, 3.05) is 7.11 Å². The first-order valence-electron chi connectivity index (χ1n) is 7.16. The molecule has 1 fully saturated rings. The number of furan rings is 1. The van der Waals surface area contributed by atoms with E-state index in [9.17, 15) is 22.8 Å². The number of hydrogen-bond acceptors (Lipinski definition) is 5. The van der Waals surface area contributed by atoms with E-state index in [-0.39, 0.29) is 6.61 Å². The largest absolute Gasteiger partial charge is 0.464 e. The van der Waals surface area contributed by atoms with Gasteiger partial charge in [-0.3, -0.25) is 4.79 Å². The molecule has 0 aliphatic heterocycles. The van der Waals surface area contributed by atoms with E-state index >= 15 is 0 Å². The highest BCUT2D eigenvalue weighted by Gasteiger charge is 2.62. The van der Waals surface area contributed by atoms with Crippen LogP contribution < -0.4 is 0 Å². The van der Waals surface area contributed by atoms with Crippen molar-refractivity contribution in [3.05, 3.63) is 35.6 Å². The summed E-state index contributed by atoms with van der Waals surface area (Å²) in [5, 5.41) is 0. The second-order valence-corrected chi connectivity index (χ2v) is 6.10. The lowest BCUT2D eigenvalue weighted by molar-refractivity contribution is -0.147. The van der Waals surface area contributed by atoms with Crippen LogP contribution in [0.15, 0.2) is 28.6 Å². The van der Waals surface area contributed by atoms with Gasteiger partial charge in [0.2, 0.25) is 5.83 Å². The van der Waals surface area contributed by atoms with Gasteiger partial charge in [-0.2, -0.15) is 4.39 Å². The van der Waals surface area contributed by atoms with Gasteiger partial charge >= 0.3 is 11.9 Å². The molecule has 5 nitrogen and oxygen atoms in total. The maximum Gasteiger partial charge on any atom is 0.366 e. The van der Waals surface area contributed by atoms with Crippen LogP contribution in [0.1, 0.15) is 31.6 Å². The lowest BCUT2D eigenvalue weighted by Crippen LogP contribution is -2.10. The van der Waals surface area contributed by atoms with Crippen molar-refractivity contribution in [3.8, 4) is 0 Å². The third-order valence-electron chi connectivity index (χ3n) is 4.14. The Kier molecular flexibility index (Phi) is 5.05. The van der Waals surface area contributed by atoms with E-state index in [2.05, 4.69) is 9.15 Å². The van der Waals surface area contributed by atoms with Crippen molar-refractivity contribution in [2.45, 2.75) is 26.9 Å². The van der Waals surface area contributed by atoms with E-state index in [1.807, 2.05) is 0 Å². The number of rotatable bonds is 6. The average Bonchev–Trinajstić information content (AvgIpc) is 2.90. The molecule has 1 heterocycles. The van der Waals surface area contributed by atoms with Crippen LogP contribution in [0.5, 0.6) is 0 Å². The minimum Gasteiger partial charge on any atom is -0.464 e. The van der Waals surface area contributed by atoms with Crippen LogP contribution in [0.3, 0.4) is 0 Å². The number of esters is 2. The van der Waals surface area contributed by atoms with Gasteiger partial charge < -0.3 is 13.9 Å². The van der Waals surface area contributed by atoms with E-state index in [4.69, 9.17) is 4.74 Å². The first-order chi connectivity index (χ1) is 11.2. The van der Waals surface area contributed by atoms with E-state index in [0.717, 1.165) is 25.5 Å². The number of allylic oxidation sites excluding steroid dienone is 1. The molecule has 1 aromatic heterocycles. The Morgan fingerprint density at radius 3 is 2.62 bits per heavy atom. The molecule has 0 saturated heterocycles. The molecule has 2 rings (SSSR count). The molecule has 8 heteroatoms. The summed E-state index contributed by atoms with van der Waals surface area (Å²) in [5.41, 5.74) is -0.280. The van der Waals surface area contributed by atoms with Crippen molar-refractivity contribution in [1.29, 1.82) is 0 Å². The van der Waals surface area contributed by atoms with Crippen LogP contribution in [0.2, 0.25) is 0 Å². The summed E-state index contributed by atoms with van der Waals surface area (Å²) >= 11 is 0. The van der Waals surface area contributed by atoms with Gasteiger partial charge in [0.1, 0.15) is 6.61 Å². The number of halogens is 3. The summed E-state index contributed by atoms with van der Waals surface area (Å²) in [4.78, 5) is 23.2. The average molecular weight is 346 g/mol. The fourth-order valence-electron chi connectivity index (χ4n) is 2.59. The van der Waals surface area contributed by atoms with Crippen LogP contribution in [0.4, 0.5) is 13.2 Å². The molecule has 1 aromatic rings. The minimum absolute atomic E-state index is 0.225. The Morgan fingerprint density at radius 1 is 1.42 bits per heavy atom. The van der Waals surface area contributed by atoms with Crippen molar-refractivity contribution in [2.24, 2.45) is 17.3 Å². The number of ether oxygens (including phenoxy) is 2. The van der Waals surface area contributed by atoms with Gasteiger partial charge in [-0.05, 0) is 23.5 Å². The molecule has 1 aliphatic carbocycles. The zero-order valence-electron chi connectivity index (χ0n) is 13.3. The Morgan fingerprint density at radius 2 is 2.08 bits per heavy atom. The molecule has 0 unspecified atom stereocenters. The number of methoxy groups -OCH3 is 1. The van der Waals surface area contributed by atoms with Gasteiger partial charge in [0.25, 0.3) is 6.43 Å². The van der Waals surface area contributed by atoms with Crippen LogP contribution in [0, 0.1) is 17.3 Å². The van der Waals surface area contributed by atoms with Crippen LogP contribution in [-0.2, 0) is 25.7 Å². The van der Waals surface area contributed by atoms with Crippen LogP contribution >= 0.6 is 0 Å². The SMILES string of the molecule is COC(=O)/C(F)=C/[C@H]1[C@@H](C(=O)OCc2coc(C(F)F)c2)C1(C)C. The molecule has 1 saturated carbocycles. The quantitative estimate of drug-likeness (QED) is 0.582. The molecule has 1 aliphatic rings. The second-order valence-electron chi connectivity index (χ2n) is 6.10. The fraction of sp³-hybridized carbons (Fsp3) is 0.500. The molecule has 24 heavy (non-hydrogen) atoms. The Labute approximate surface area is 136 Å². The van der Waals surface area contributed by atoms with Gasteiger partial charge in [-0.1, -0.05) is 13.8 Å². The maximum atomic E-state index is 13.5. The topological polar surface area (TPSA) is 65.7 Å². The smallest absolute Gasteiger partial charge is 0.366 e. The summed E-state index contributed by atoms with van der Waals surface area (Å²) in [6.45, 7) is 3.24. The predicted molar refractivity (Wildman–Crippen MR) is 75.4 cm³/mol. The first kappa shape index (κ1) is 18.1. The van der Waals surface area contributed by atoms with E-state index in [1.54, 1.807) is 13.8 Å². The normalized spacial score (nSPS) is 22.4. The van der Waals surface area contributed by atoms with Crippen molar-refractivity contribution >= 4 is 11.9 Å². The fourth-order valence-corrected chi connectivity index (χ4v) is 2.59. The van der Waals surface area contributed by atoms with E-state index in [1.165, 1.54) is 0 Å². The standard InChI is InChI=1S/C16H17F3O5/c1-16(2)9(5-10(17)14(20)22-3)12(16)15(21)24-7-8-4-11(13(18)19)23-6-8/h4-6,9,12-13H,7H2,1-3H3/b10-5-/t9-,12-/m0/s1. The Hall–Kier alpha value is -2.25. The molecule has 0 aromatic carbocycles. The summed E-state index contributed by atoms with van der Waals surface area (Å²) in [5.74, 6) is -4.42. The predicted octanol–water partition coefficient (Wildman–Crippen LogP) is 3.56. The van der Waals surface area contributed by atoms with Gasteiger partial charge in [0, 0.05) is 5.56 Å². The monoisotopic (exact) mass is 346 g/mol. The highest BCUT2D eigenvalue weighted by atomic mass is 19.3. The molecule has 0 radical (unpaired) electrons. The van der Waals surface area contributed by atoms with Crippen molar-refractivity contribution < 1.29 is 36.7 Å². The van der Waals surface area contributed by atoms with E-state index in [0.29, 0.717) is 5.56 Å². The highest BCUT2D eigenvalue weighted by molar-refractivity contribution is 5.86. The Bertz CT molecular complexity index is 662. The molecule has 0 N–H and O–H groups in total. The summed E-state index contributed by atoms with van der Waals surface area (Å²) in [6, 6.07) is 1.10. The third-order valence-corrected chi connectivity index (χ3v) is 4.14. The number of hydrogen-bond donors (Lipinski definition) is 0. The minimum atomic E-state index is -2.74. The molecular formula is C16H17F3O5. The summed E-state index contributed by atoms with van der Waals surface area (Å²) in [7, 11) is 1.05. The van der Waals surface area contributed by atoms with Gasteiger partial charge in [-0.15, -0.1) is 0 Å². The second kappa shape index (κ2) is 6.70. The lowest BCUT2D eigenvalue weighted by atomic mass is 10.1. The first-order valence-corrected chi connectivity index (χ1v) is 7.16. The number of carbonyl (C=O) groups is 2. The van der Waals surface area contributed by atoms with Crippen molar-refractivity contribution in [1.82, 2.24) is 0 Å². The van der Waals surface area contributed by atoms with E-state index < -0.39 is 47.2 Å². The van der Waals surface area contributed by atoms with Crippen molar-refractivity contribution in [3.63, 3.8) is 0 Å². The zero-order valence-corrected chi connectivity index (χ0v) is 13.3. The Balaban J connectivity index is 1.96. The molecule has 0 spiro atoms. The van der Waals surface area contributed by atoms with Gasteiger partial charge in [0.05, 0.1) is 19.3 Å². The summed E-state index contributed by atoms with van der Waals surface area (Å²) in [6.07, 6.45) is -0.612.